The molecule has 0 bridgehead atoms. The normalized spacial score (nSPS) is 18.1. The van der Waals surface area contributed by atoms with Gasteiger partial charge in [-0.15, -0.1) is 5.10 Å². The van der Waals surface area contributed by atoms with Crippen LogP contribution in [-0.2, 0) is 0 Å². The molecular weight excluding hydrogens is 190 g/mol. The zero-order valence-electron chi connectivity index (χ0n) is 9.47. The summed E-state index contributed by atoms with van der Waals surface area (Å²) < 4.78 is 1.94. The van der Waals surface area contributed by atoms with Gasteiger partial charge in [0.15, 0.2) is 6.29 Å². The molecule has 0 saturated heterocycles. The van der Waals surface area contributed by atoms with Gasteiger partial charge in [-0.2, -0.15) is 0 Å². The molecule has 1 aliphatic rings. The fourth-order valence-corrected chi connectivity index (χ4v) is 1.73. The molecule has 1 saturated carbocycles. The van der Waals surface area contributed by atoms with Gasteiger partial charge in [0.2, 0.25) is 0 Å². The highest BCUT2D eigenvalue weighted by molar-refractivity contribution is 5.73. The highest BCUT2D eigenvalue weighted by Gasteiger charge is 2.32. The van der Waals surface area contributed by atoms with Crippen molar-refractivity contribution in [1.82, 2.24) is 15.0 Å². The lowest BCUT2D eigenvalue weighted by Crippen LogP contribution is -2.15. The average Bonchev–Trinajstić information content (AvgIpc) is 2.96. The second-order valence-corrected chi connectivity index (χ2v) is 4.68. The van der Waals surface area contributed by atoms with E-state index in [9.17, 15) is 4.79 Å². The third kappa shape index (κ3) is 1.80. The molecule has 1 aromatic heterocycles. The Balaban J connectivity index is 2.38. The maximum Gasteiger partial charge on any atom is 0.172 e. The van der Waals surface area contributed by atoms with Gasteiger partial charge >= 0.3 is 0 Å². The van der Waals surface area contributed by atoms with Crippen LogP contribution in [0.2, 0.25) is 0 Å². The molecule has 1 heterocycles. The van der Waals surface area contributed by atoms with E-state index in [1.54, 1.807) is 0 Å². The first-order valence-corrected chi connectivity index (χ1v) is 5.55. The zero-order valence-corrected chi connectivity index (χ0v) is 9.47. The lowest BCUT2D eigenvalue weighted by molar-refractivity contribution is 0.111. The van der Waals surface area contributed by atoms with Crippen molar-refractivity contribution in [3.8, 4) is 0 Å². The van der Waals surface area contributed by atoms with Crippen LogP contribution in [0.4, 0.5) is 0 Å². The molecule has 82 valence electrons. The highest BCUT2D eigenvalue weighted by Crippen LogP contribution is 2.42. The van der Waals surface area contributed by atoms with Crippen LogP contribution in [0.3, 0.4) is 0 Å². The monoisotopic (exact) mass is 207 g/mol. The Morgan fingerprint density at radius 2 is 2.07 bits per heavy atom. The molecule has 1 atom stereocenters. The number of aromatic nitrogens is 3. The fourth-order valence-electron chi connectivity index (χ4n) is 1.73. The Morgan fingerprint density at radius 1 is 1.40 bits per heavy atom. The van der Waals surface area contributed by atoms with Crippen LogP contribution < -0.4 is 0 Å². The number of carbonyl (C=O) groups excluding carboxylic acids is 1. The van der Waals surface area contributed by atoms with E-state index < -0.39 is 0 Å². The second-order valence-electron chi connectivity index (χ2n) is 4.68. The topological polar surface area (TPSA) is 47.8 Å². The van der Waals surface area contributed by atoms with Crippen molar-refractivity contribution in [3.63, 3.8) is 0 Å². The summed E-state index contributed by atoms with van der Waals surface area (Å²) >= 11 is 0. The predicted molar refractivity (Wildman–Crippen MR) is 56.9 cm³/mol. The molecule has 0 spiro atoms. The summed E-state index contributed by atoms with van der Waals surface area (Å²) in [7, 11) is 0. The van der Waals surface area contributed by atoms with Gasteiger partial charge in [-0.25, -0.2) is 4.68 Å². The molecule has 1 unspecified atom stereocenters. The van der Waals surface area contributed by atoms with Crippen molar-refractivity contribution in [1.29, 1.82) is 0 Å². The minimum atomic E-state index is 0.307. The first kappa shape index (κ1) is 10.3. The number of carbonyl (C=O) groups is 1. The van der Waals surface area contributed by atoms with Gasteiger partial charge in [0.1, 0.15) is 5.69 Å². The van der Waals surface area contributed by atoms with Crippen LogP contribution in [0.5, 0.6) is 0 Å². The lowest BCUT2D eigenvalue weighted by atomic mass is 10.1. The molecule has 1 aromatic rings. The van der Waals surface area contributed by atoms with Crippen molar-refractivity contribution in [3.05, 3.63) is 11.4 Å². The Morgan fingerprint density at radius 3 is 2.53 bits per heavy atom. The Bertz CT molecular complexity index is 366. The largest absolute Gasteiger partial charge is 0.296 e. The van der Waals surface area contributed by atoms with E-state index in [2.05, 4.69) is 31.1 Å². The van der Waals surface area contributed by atoms with Crippen LogP contribution >= 0.6 is 0 Å². The van der Waals surface area contributed by atoms with E-state index in [-0.39, 0.29) is 0 Å². The summed E-state index contributed by atoms with van der Waals surface area (Å²) in [5.41, 5.74) is 1.58. The van der Waals surface area contributed by atoms with Gasteiger partial charge in [0, 0.05) is 5.92 Å². The number of hydrogen-bond donors (Lipinski definition) is 0. The molecule has 0 radical (unpaired) electrons. The van der Waals surface area contributed by atoms with Gasteiger partial charge in [0.05, 0.1) is 11.7 Å². The minimum absolute atomic E-state index is 0.307. The number of rotatable bonds is 4. The lowest BCUT2D eigenvalue weighted by Gasteiger charge is -2.18. The van der Waals surface area contributed by atoms with Crippen LogP contribution in [0.1, 0.15) is 61.8 Å². The molecule has 15 heavy (non-hydrogen) atoms. The first-order valence-electron chi connectivity index (χ1n) is 5.55. The molecule has 1 aliphatic carbocycles. The van der Waals surface area contributed by atoms with Crippen molar-refractivity contribution in [2.75, 3.05) is 0 Å². The summed E-state index contributed by atoms with van der Waals surface area (Å²) in [6.45, 7) is 6.44. The first-order chi connectivity index (χ1) is 7.15. The third-order valence-corrected chi connectivity index (χ3v) is 3.18. The van der Waals surface area contributed by atoms with Gasteiger partial charge < -0.3 is 0 Å². The maximum atomic E-state index is 10.8. The summed E-state index contributed by atoms with van der Waals surface area (Å²) in [5.74, 6) is 1.02. The Labute approximate surface area is 89.7 Å². The van der Waals surface area contributed by atoms with Crippen LogP contribution in [0.25, 0.3) is 0 Å². The summed E-state index contributed by atoms with van der Waals surface area (Å²) in [4.78, 5) is 10.8. The average molecular weight is 207 g/mol. The molecule has 2 rings (SSSR count). The summed E-state index contributed by atoms with van der Waals surface area (Å²) in [5, 5.41) is 8.05. The molecule has 4 heteroatoms. The van der Waals surface area contributed by atoms with Gasteiger partial charge in [-0.05, 0) is 25.7 Å². The number of nitrogens with zero attached hydrogens (tertiary/aromatic N) is 3. The van der Waals surface area contributed by atoms with Crippen LogP contribution in [0, 0.1) is 5.92 Å². The van der Waals surface area contributed by atoms with Crippen molar-refractivity contribution in [2.24, 2.45) is 5.92 Å². The Kier molecular flexibility index (Phi) is 2.59. The summed E-state index contributed by atoms with van der Waals surface area (Å²) in [6, 6.07) is 0.307. The SMILES string of the molecule is CC(C)C(C)n1nnc(C=O)c1C1CC1. The molecule has 0 N–H and O–H groups in total. The van der Waals surface area contributed by atoms with Gasteiger partial charge in [0.25, 0.3) is 0 Å². The van der Waals surface area contributed by atoms with E-state index >= 15 is 0 Å². The molecule has 0 aliphatic heterocycles. The molecular formula is C11H17N3O. The molecule has 1 fully saturated rings. The zero-order chi connectivity index (χ0) is 11.0. The van der Waals surface area contributed by atoms with Gasteiger partial charge in [-0.3, -0.25) is 4.79 Å². The van der Waals surface area contributed by atoms with Crippen molar-refractivity contribution >= 4 is 6.29 Å². The smallest absolute Gasteiger partial charge is 0.172 e. The fraction of sp³-hybridized carbons (Fsp3) is 0.727. The Hall–Kier alpha value is -1.19. The predicted octanol–water partition coefficient (Wildman–Crippen LogP) is 2.19. The standard InChI is InChI=1S/C11H17N3O/c1-7(2)8(3)14-11(9-4-5-9)10(6-15)12-13-14/h6-9H,4-5H2,1-3H3. The second kappa shape index (κ2) is 3.76. The third-order valence-electron chi connectivity index (χ3n) is 3.18. The summed E-state index contributed by atoms with van der Waals surface area (Å²) in [6.07, 6.45) is 3.16. The molecule has 0 aromatic carbocycles. The molecule has 4 nitrogen and oxygen atoms in total. The number of hydrogen-bond acceptors (Lipinski definition) is 3. The van der Waals surface area contributed by atoms with Crippen molar-refractivity contribution in [2.45, 2.75) is 45.6 Å². The van der Waals surface area contributed by atoms with Crippen LogP contribution in [0.15, 0.2) is 0 Å². The van der Waals surface area contributed by atoms with E-state index in [0.717, 1.165) is 12.0 Å². The van der Waals surface area contributed by atoms with E-state index in [1.807, 2.05) is 4.68 Å². The van der Waals surface area contributed by atoms with Crippen molar-refractivity contribution < 1.29 is 4.79 Å². The van der Waals surface area contributed by atoms with E-state index in [4.69, 9.17) is 0 Å². The quantitative estimate of drug-likeness (QED) is 0.711. The maximum absolute atomic E-state index is 10.8. The van der Waals surface area contributed by atoms with Crippen LogP contribution in [-0.4, -0.2) is 21.3 Å². The van der Waals surface area contributed by atoms with Gasteiger partial charge in [-0.1, -0.05) is 19.1 Å². The minimum Gasteiger partial charge on any atom is -0.296 e. The molecule has 0 amide bonds. The van der Waals surface area contributed by atoms with E-state index in [1.165, 1.54) is 12.8 Å². The highest BCUT2D eigenvalue weighted by atomic mass is 16.1. The number of aldehydes is 1. The van der Waals surface area contributed by atoms with E-state index in [0.29, 0.717) is 23.6 Å².